The number of aromatic amines is 1. The molecule has 14 heteroatoms. The topological polar surface area (TPSA) is 122 Å². The molecule has 0 atom stereocenters. The summed E-state index contributed by atoms with van der Waals surface area (Å²) in [5.74, 6) is -0.586. The fraction of sp³-hybridized carbons (Fsp3) is 0.231. The van der Waals surface area contributed by atoms with E-state index in [1.807, 2.05) is 13.8 Å². The van der Waals surface area contributed by atoms with Crippen LogP contribution in [0, 0.1) is 0 Å². The van der Waals surface area contributed by atoms with E-state index in [9.17, 15) is 26.4 Å². The number of H-pyrrole nitrogens is 1. The molecule has 4 aromatic rings. The Kier molecular flexibility index (Phi) is 7.78. The summed E-state index contributed by atoms with van der Waals surface area (Å²) in [5, 5.41) is 3.38. The number of alkyl halides is 3. The van der Waals surface area contributed by atoms with Crippen LogP contribution >= 0.6 is 15.9 Å². The minimum absolute atomic E-state index is 0.112. The van der Waals surface area contributed by atoms with Gasteiger partial charge in [0.1, 0.15) is 23.0 Å². The number of aromatic nitrogens is 2. The smallest absolute Gasteiger partial charge is 0.497 e. The Balaban J connectivity index is 1.63. The molecule has 0 aliphatic rings. The van der Waals surface area contributed by atoms with Crippen molar-refractivity contribution in [2.75, 3.05) is 23.4 Å². The molecule has 0 unspecified atom stereocenters. The van der Waals surface area contributed by atoms with Crippen LogP contribution in [0.1, 0.15) is 35.5 Å². The zero-order valence-corrected chi connectivity index (χ0v) is 24.0. The summed E-state index contributed by atoms with van der Waals surface area (Å²) in [6, 6.07) is 12.3. The molecule has 0 fully saturated rings. The van der Waals surface area contributed by atoms with E-state index >= 15 is 0 Å². The first-order valence-corrected chi connectivity index (χ1v) is 14.3. The zero-order chi connectivity index (χ0) is 29.5. The van der Waals surface area contributed by atoms with Gasteiger partial charge in [0.15, 0.2) is 0 Å². The number of nitrogens with one attached hydrogen (secondary N) is 3. The van der Waals surface area contributed by atoms with Gasteiger partial charge >= 0.3 is 6.36 Å². The van der Waals surface area contributed by atoms with Crippen LogP contribution in [0.25, 0.3) is 10.9 Å². The second-order valence-electron chi connectivity index (χ2n) is 9.47. The van der Waals surface area contributed by atoms with E-state index in [1.54, 1.807) is 30.3 Å². The fourth-order valence-electron chi connectivity index (χ4n) is 4.03. The van der Waals surface area contributed by atoms with Crippen LogP contribution in [0.5, 0.6) is 11.5 Å². The summed E-state index contributed by atoms with van der Waals surface area (Å²) in [4.78, 5) is 20.0. The maximum atomic E-state index is 13.1. The number of ether oxygens (including phenoxy) is 2. The Bertz CT molecular complexity index is 1700. The van der Waals surface area contributed by atoms with E-state index in [-0.39, 0.29) is 17.3 Å². The standard InChI is InChI=1S/C26H24BrF3N4O5S/c1-25(2,16-9-19(38-3)12-20(10-16)39-26(28,29)30)15-7-17(27)11-18(8-15)32-24(35)21-5-14-6-23(34-40(4,36)37)31-13-22(14)33-21/h5-13,33H,1-4H3,(H,31,34)(H,32,35). The van der Waals surface area contributed by atoms with E-state index in [1.165, 1.54) is 25.4 Å². The van der Waals surface area contributed by atoms with Crippen molar-refractivity contribution < 1.29 is 35.9 Å². The van der Waals surface area contributed by atoms with Crippen LogP contribution in [-0.2, 0) is 15.4 Å². The van der Waals surface area contributed by atoms with Crippen molar-refractivity contribution >= 4 is 54.3 Å². The minimum Gasteiger partial charge on any atom is -0.497 e. The molecule has 3 N–H and O–H groups in total. The number of pyridine rings is 1. The van der Waals surface area contributed by atoms with Crippen LogP contribution in [0.2, 0.25) is 0 Å². The number of hydrogen-bond acceptors (Lipinski definition) is 6. The molecule has 2 aromatic carbocycles. The summed E-state index contributed by atoms with van der Waals surface area (Å²) >= 11 is 3.44. The number of amides is 1. The van der Waals surface area contributed by atoms with Gasteiger partial charge in [0.25, 0.3) is 5.91 Å². The number of nitrogens with zero attached hydrogens (tertiary/aromatic N) is 1. The van der Waals surface area contributed by atoms with E-state index in [0.29, 0.717) is 32.2 Å². The van der Waals surface area contributed by atoms with Gasteiger partial charge in [0, 0.05) is 27.0 Å². The molecule has 2 aromatic heterocycles. The Morgan fingerprint density at radius 2 is 1.68 bits per heavy atom. The molecular weight excluding hydrogens is 617 g/mol. The van der Waals surface area contributed by atoms with Crippen molar-refractivity contribution in [2.24, 2.45) is 0 Å². The number of methoxy groups -OCH3 is 1. The highest BCUT2D eigenvalue weighted by Crippen LogP contribution is 2.39. The maximum absolute atomic E-state index is 13.1. The number of sulfonamides is 1. The van der Waals surface area contributed by atoms with Gasteiger partial charge in [-0.2, -0.15) is 0 Å². The van der Waals surface area contributed by atoms with Crippen molar-refractivity contribution in [2.45, 2.75) is 25.6 Å². The number of carbonyl (C=O) groups excluding carboxylic acids is 1. The van der Waals surface area contributed by atoms with Gasteiger partial charge in [0.2, 0.25) is 10.0 Å². The van der Waals surface area contributed by atoms with Crippen LogP contribution in [0.3, 0.4) is 0 Å². The lowest BCUT2D eigenvalue weighted by Crippen LogP contribution is -2.21. The van der Waals surface area contributed by atoms with Crippen LogP contribution in [0.4, 0.5) is 24.7 Å². The van der Waals surface area contributed by atoms with Gasteiger partial charge in [0.05, 0.1) is 25.1 Å². The van der Waals surface area contributed by atoms with Gasteiger partial charge in [-0.25, -0.2) is 13.4 Å². The molecule has 4 rings (SSSR count). The monoisotopic (exact) mass is 640 g/mol. The minimum atomic E-state index is -4.87. The first-order chi connectivity index (χ1) is 18.5. The van der Waals surface area contributed by atoms with Crippen LogP contribution in [-0.4, -0.2) is 44.0 Å². The number of benzene rings is 2. The third kappa shape index (κ3) is 7.04. The predicted molar refractivity (Wildman–Crippen MR) is 148 cm³/mol. The molecule has 1 amide bonds. The average Bonchev–Trinajstić information content (AvgIpc) is 3.25. The Hall–Kier alpha value is -3.78. The van der Waals surface area contributed by atoms with Gasteiger partial charge in [-0.05, 0) is 53.6 Å². The van der Waals surface area contributed by atoms with Crippen LogP contribution < -0.4 is 19.5 Å². The van der Waals surface area contributed by atoms with E-state index in [4.69, 9.17) is 4.74 Å². The van der Waals surface area contributed by atoms with E-state index < -0.39 is 33.5 Å². The molecule has 0 aliphatic carbocycles. The van der Waals surface area contributed by atoms with E-state index in [2.05, 4.69) is 40.7 Å². The molecular formula is C26H24BrF3N4O5S. The van der Waals surface area contributed by atoms with Crippen molar-refractivity contribution in [3.63, 3.8) is 0 Å². The second-order valence-corrected chi connectivity index (χ2v) is 12.1. The van der Waals surface area contributed by atoms with Crippen molar-refractivity contribution in [1.82, 2.24) is 9.97 Å². The molecule has 0 bridgehead atoms. The Labute approximate surface area is 236 Å². The lowest BCUT2D eigenvalue weighted by molar-refractivity contribution is -0.274. The predicted octanol–water partition coefficient (Wildman–Crippen LogP) is 6.18. The number of halogens is 4. The summed E-state index contributed by atoms with van der Waals surface area (Å²) < 4.78 is 73.9. The number of carbonyl (C=O) groups is 1. The van der Waals surface area contributed by atoms with Gasteiger partial charge in [-0.15, -0.1) is 13.2 Å². The number of anilines is 2. The van der Waals surface area contributed by atoms with Gasteiger partial charge < -0.3 is 19.8 Å². The molecule has 0 aliphatic heterocycles. The third-order valence-electron chi connectivity index (χ3n) is 5.99. The molecule has 0 saturated heterocycles. The first kappa shape index (κ1) is 29.2. The Morgan fingerprint density at radius 3 is 2.33 bits per heavy atom. The van der Waals surface area contributed by atoms with E-state index in [0.717, 1.165) is 12.3 Å². The van der Waals surface area contributed by atoms with Gasteiger partial charge in [-0.3, -0.25) is 9.52 Å². The summed E-state index contributed by atoms with van der Waals surface area (Å²) in [5.41, 5.74) is 1.49. The average molecular weight is 641 g/mol. The molecule has 0 radical (unpaired) electrons. The van der Waals surface area contributed by atoms with Crippen molar-refractivity contribution in [3.05, 3.63) is 76.0 Å². The lowest BCUT2D eigenvalue weighted by atomic mass is 9.78. The molecule has 2 heterocycles. The lowest BCUT2D eigenvalue weighted by Gasteiger charge is -2.28. The number of hydrogen-bond donors (Lipinski definition) is 3. The summed E-state index contributed by atoms with van der Waals surface area (Å²) in [7, 11) is -2.17. The maximum Gasteiger partial charge on any atom is 0.573 e. The largest absolute Gasteiger partial charge is 0.573 e. The third-order valence-corrected chi connectivity index (χ3v) is 7.03. The molecule has 0 saturated carbocycles. The molecule has 40 heavy (non-hydrogen) atoms. The van der Waals surface area contributed by atoms with Gasteiger partial charge in [-0.1, -0.05) is 29.8 Å². The summed E-state index contributed by atoms with van der Waals surface area (Å²) in [6.45, 7) is 3.64. The molecule has 9 nitrogen and oxygen atoms in total. The molecule has 0 spiro atoms. The van der Waals surface area contributed by atoms with Crippen molar-refractivity contribution in [3.8, 4) is 11.5 Å². The van der Waals surface area contributed by atoms with Crippen LogP contribution in [0.15, 0.2) is 59.2 Å². The number of rotatable bonds is 8. The normalized spacial score (nSPS) is 12.3. The van der Waals surface area contributed by atoms with Crippen molar-refractivity contribution in [1.29, 1.82) is 0 Å². The molecule has 212 valence electrons. The zero-order valence-electron chi connectivity index (χ0n) is 21.6. The SMILES string of the molecule is COc1cc(OC(F)(F)F)cc(C(C)(C)c2cc(Br)cc(NC(=O)c3cc4cc(NS(C)(=O)=O)ncc4[nH]3)c2)c1. The highest BCUT2D eigenvalue weighted by atomic mass is 79.9. The first-order valence-electron chi connectivity index (χ1n) is 11.6. The summed E-state index contributed by atoms with van der Waals surface area (Å²) in [6.07, 6.45) is -2.46. The highest BCUT2D eigenvalue weighted by molar-refractivity contribution is 9.10. The number of fused-ring (bicyclic) bond motifs is 1. The second kappa shape index (κ2) is 10.7. The highest BCUT2D eigenvalue weighted by Gasteiger charge is 2.33. The fourth-order valence-corrected chi connectivity index (χ4v) is 5.02. The Morgan fingerprint density at radius 1 is 1.00 bits per heavy atom. The quantitative estimate of drug-likeness (QED) is 0.211.